The lowest BCUT2D eigenvalue weighted by Crippen LogP contribution is -2.50. The van der Waals surface area contributed by atoms with Gasteiger partial charge >= 0.3 is 0 Å². The Morgan fingerprint density at radius 1 is 1.04 bits per heavy atom. The van der Waals surface area contributed by atoms with E-state index in [-0.39, 0.29) is 0 Å². The maximum atomic E-state index is 12.7. The Morgan fingerprint density at radius 2 is 1.80 bits per heavy atom. The van der Waals surface area contributed by atoms with Crippen molar-refractivity contribution in [1.29, 1.82) is 0 Å². The van der Waals surface area contributed by atoms with Gasteiger partial charge in [-0.2, -0.15) is 0 Å². The molecule has 4 rings (SSSR count). The second-order valence-electron chi connectivity index (χ2n) is 7.61. The summed E-state index contributed by atoms with van der Waals surface area (Å²) >= 11 is 0. The predicted molar refractivity (Wildman–Crippen MR) is 102 cm³/mol. The molecule has 134 valence electrons. The number of hydrogen-bond donors (Lipinski definition) is 1. The molecule has 25 heavy (non-hydrogen) atoms. The SMILES string of the molecule is O=C(C1CCCCC1)N1CCN(CCc2c[nH]c3ccccc23)CC1. The van der Waals surface area contributed by atoms with Gasteiger partial charge in [0.25, 0.3) is 0 Å². The van der Waals surface area contributed by atoms with Crippen molar-refractivity contribution < 1.29 is 4.79 Å². The fraction of sp³-hybridized carbons (Fsp3) is 0.571. The van der Waals surface area contributed by atoms with E-state index in [1.807, 2.05) is 0 Å². The highest BCUT2D eigenvalue weighted by Crippen LogP contribution is 2.26. The van der Waals surface area contributed by atoms with Crippen LogP contribution < -0.4 is 0 Å². The highest BCUT2D eigenvalue weighted by molar-refractivity contribution is 5.83. The highest BCUT2D eigenvalue weighted by Gasteiger charge is 2.28. The van der Waals surface area contributed by atoms with Crippen LogP contribution in [0.4, 0.5) is 0 Å². The zero-order chi connectivity index (χ0) is 17.1. The Labute approximate surface area is 150 Å². The van der Waals surface area contributed by atoms with E-state index in [9.17, 15) is 4.79 Å². The minimum atomic E-state index is 0.312. The summed E-state index contributed by atoms with van der Waals surface area (Å²) in [6.45, 7) is 4.92. The van der Waals surface area contributed by atoms with Crippen molar-refractivity contribution in [1.82, 2.24) is 14.8 Å². The van der Waals surface area contributed by atoms with Gasteiger partial charge in [-0.25, -0.2) is 0 Å². The number of benzene rings is 1. The fourth-order valence-electron chi connectivity index (χ4n) is 4.42. The Morgan fingerprint density at radius 3 is 2.60 bits per heavy atom. The molecular weight excluding hydrogens is 310 g/mol. The number of aromatic amines is 1. The molecule has 2 heterocycles. The number of hydrogen-bond acceptors (Lipinski definition) is 2. The van der Waals surface area contributed by atoms with E-state index < -0.39 is 0 Å². The number of nitrogens with one attached hydrogen (secondary N) is 1. The number of nitrogens with zero attached hydrogens (tertiary/aromatic N) is 2. The van der Waals surface area contributed by atoms with Crippen LogP contribution in [0.25, 0.3) is 10.9 Å². The molecule has 2 aromatic rings. The van der Waals surface area contributed by atoms with Gasteiger partial charge in [0.05, 0.1) is 0 Å². The summed E-state index contributed by atoms with van der Waals surface area (Å²) in [5, 5.41) is 1.34. The zero-order valence-electron chi connectivity index (χ0n) is 15.0. The van der Waals surface area contributed by atoms with Gasteiger partial charge in [0, 0.05) is 55.7 Å². The molecule has 0 atom stereocenters. The number of carbonyl (C=O) groups excluding carboxylic acids is 1. The molecule has 1 aromatic heterocycles. The summed E-state index contributed by atoms with van der Waals surface area (Å²) in [4.78, 5) is 20.6. The van der Waals surface area contributed by atoms with E-state index in [4.69, 9.17) is 0 Å². The second-order valence-corrected chi connectivity index (χ2v) is 7.61. The maximum Gasteiger partial charge on any atom is 0.225 e. The quantitative estimate of drug-likeness (QED) is 0.927. The van der Waals surface area contributed by atoms with Gasteiger partial charge in [-0.05, 0) is 30.9 Å². The van der Waals surface area contributed by atoms with E-state index in [2.05, 4.69) is 45.2 Å². The van der Waals surface area contributed by atoms with Gasteiger partial charge in [0.1, 0.15) is 0 Å². The van der Waals surface area contributed by atoms with Crippen LogP contribution in [0.1, 0.15) is 37.7 Å². The van der Waals surface area contributed by atoms with Gasteiger partial charge in [0.15, 0.2) is 0 Å². The summed E-state index contributed by atoms with van der Waals surface area (Å²) in [6.07, 6.45) is 9.22. The molecule has 4 heteroatoms. The van der Waals surface area contributed by atoms with Crippen molar-refractivity contribution >= 4 is 16.8 Å². The average Bonchev–Trinajstić information content (AvgIpc) is 3.10. The molecule has 0 unspecified atom stereocenters. The average molecular weight is 339 g/mol. The summed E-state index contributed by atoms with van der Waals surface area (Å²) in [7, 11) is 0. The molecule has 1 aromatic carbocycles. The molecule has 1 amide bonds. The Bertz CT molecular complexity index is 709. The van der Waals surface area contributed by atoms with E-state index in [0.29, 0.717) is 11.8 Å². The Balaban J connectivity index is 1.27. The topological polar surface area (TPSA) is 39.3 Å². The van der Waals surface area contributed by atoms with Crippen LogP contribution in [0.2, 0.25) is 0 Å². The lowest BCUT2D eigenvalue weighted by Gasteiger charge is -2.37. The zero-order valence-corrected chi connectivity index (χ0v) is 15.0. The Hall–Kier alpha value is -1.81. The number of fused-ring (bicyclic) bond motifs is 1. The third kappa shape index (κ3) is 3.74. The summed E-state index contributed by atoms with van der Waals surface area (Å²) < 4.78 is 0. The minimum Gasteiger partial charge on any atom is -0.361 e. The second kappa shape index (κ2) is 7.61. The molecule has 0 bridgehead atoms. The third-order valence-electron chi connectivity index (χ3n) is 6.01. The van der Waals surface area contributed by atoms with Crippen LogP contribution in [0.5, 0.6) is 0 Å². The van der Waals surface area contributed by atoms with Crippen LogP contribution in [0.15, 0.2) is 30.5 Å². The molecule has 2 fully saturated rings. The molecule has 0 spiro atoms. The molecule has 4 nitrogen and oxygen atoms in total. The molecule has 1 aliphatic carbocycles. The van der Waals surface area contributed by atoms with Crippen LogP contribution in [0.3, 0.4) is 0 Å². The van der Waals surface area contributed by atoms with Crippen LogP contribution in [-0.2, 0) is 11.2 Å². The molecule has 2 aliphatic rings. The van der Waals surface area contributed by atoms with Crippen LogP contribution in [0, 0.1) is 5.92 Å². The van der Waals surface area contributed by atoms with Gasteiger partial charge in [-0.3, -0.25) is 9.69 Å². The van der Waals surface area contributed by atoms with Crippen molar-refractivity contribution in [2.75, 3.05) is 32.7 Å². The standard InChI is InChI=1S/C21H29N3O/c25-21(17-6-2-1-3-7-17)24-14-12-23(13-15-24)11-10-18-16-22-20-9-5-4-8-19(18)20/h4-5,8-9,16-17,22H,1-3,6-7,10-15H2. The number of aromatic nitrogens is 1. The monoisotopic (exact) mass is 339 g/mol. The van der Waals surface area contributed by atoms with E-state index in [1.165, 1.54) is 35.7 Å². The normalized spacial score (nSPS) is 20.2. The number of carbonyl (C=O) groups is 1. The van der Waals surface area contributed by atoms with E-state index in [1.54, 1.807) is 0 Å². The summed E-state index contributed by atoms with van der Waals surface area (Å²) in [5.74, 6) is 0.738. The first-order valence-electron chi connectivity index (χ1n) is 9.87. The molecular formula is C21H29N3O. The minimum absolute atomic E-state index is 0.312. The van der Waals surface area contributed by atoms with Crippen LogP contribution in [-0.4, -0.2) is 53.4 Å². The molecule has 1 saturated heterocycles. The smallest absolute Gasteiger partial charge is 0.225 e. The lowest BCUT2D eigenvalue weighted by molar-refractivity contribution is -0.138. The van der Waals surface area contributed by atoms with Gasteiger partial charge in [-0.1, -0.05) is 37.5 Å². The molecule has 1 saturated carbocycles. The predicted octanol–water partition coefficient (Wildman–Crippen LogP) is 3.43. The molecule has 1 N–H and O–H groups in total. The van der Waals surface area contributed by atoms with Gasteiger partial charge in [0.2, 0.25) is 5.91 Å². The maximum absolute atomic E-state index is 12.7. The first-order valence-corrected chi connectivity index (χ1v) is 9.87. The first-order chi connectivity index (χ1) is 12.3. The Kier molecular flexibility index (Phi) is 5.07. The van der Waals surface area contributed by atoms with Gasteiger partial charge < -0.3 is 9.88 Å². The highest BCUT2D eigenvalue weighted by atomic mass is 16.2. The largest absolute Gasteiger partial charge is 0.361 e. The number of amides is 1. The van der Waals surface area contributed by atoms with Gasteiger partial charge in [-0.15, -0.1) is 0 Å². The number of para-hydroxylation sites is 1. The summed E-state index contributed by atoms with van der Waals surface area (Å²) in [5.41, 5.74) is 2.62. The number of rotatable bonds is 4. The van der Waals surface area contributed by atoms with Crippen molar-refractivity contribution in [3.05, 3.63) is 36.0 Å². The third-order valence-corrected chi connectivity index (χ3v) is 6.01. The van der Waals surface area contributed by atoms with Crippen LogP contribution >= 0.6 is 0 Å². The first kappa shape index (κ1) is 16.6. The van der Waals surface area contributed by atoms with E-state index >= 15 is 0 Å². The summed E-state index contributed by atoms with van der Waals surface area (Å²) in [6, 6.07) is 8.51. The lowest BCUT2D eigenvalue weighted by atomic mass is 9.88. The van der Waals surface area contributed by atoms with E-state index in [0.717, 1.165) is 52.0 Å². The molecule has 1 aliphatic heterocycles. The fourth-order valence-corrected chi connectivity index (χ4v) is 4.42. The van der Waals surface area contributed by atoms with Crippen molar-refractivity contribution in [2.24, 2.45) is 5.92 Å². The number of piperazine rings is 1. The van der Waals surface area contributed by atoms with Crippen molar-refractivity contribution in [2.45, 2.75) is 38.5 Å². The molecule has 0 radical (unpaired) electrons. The van der Waals surface area contributed by atoms with Crippen molar-refractivity contribution in [3.8, 4) is 0 Å². The number of H-pyrrole nitrogens is 1. The van der Waals surface area contributed by atoms with Crippen molar-refractivity contribution in [3.63, 3.8) is 0 Å².